The van der Waals surface area contributed by atoms with Crippen LogP contribution in [0.1, 0.15) is 41.8 Å². The molecule has 2 aliphatic rings. The van der Waals surface area contributed by atoms with Gasteiger partial charge < -0.3 is 10.0 Å². The Morgan fingerprint density at radius 2 is 2.00 bits per heavy atom. The Kier molecular flexibility index (Phi) is 3.31. The minimum absolute atomic E-state index is 0.135. The molecule has 0 spiro atoms. The lowest BCUT2D eigenvalue weighted by molar-refractivity contribution is -0.138. The van der Waals surface area contributed by atoms with Crippen LogP contribution in [-0.4, -0.2) is 34.0 Å². The molecule has 2 aliphatic heterocycles. The van der Waals surface area contributed by atoms with Gasteiger partial charge in [-0.3, -0.25) is 9.59 Å². The Bertz CT molecular complexity index is 471. The molecule has 0 aliphatic carbocycles. The summed E-state index contributed by atoms with van der Waals surface area (Å²) in [5.41, 5.74) is 0. The molecular formula is C14H17NO3S. The van der Waals surface area contributed by atoms with E-state index in [4.69, 9.17) is 5.11 Å². The summed E-state index contributed by atoms with van der Waals surface area (Å²) in [6.07, 6.45) is 3.99. The molecule has 2 saturated heterocycles. The fourth-order valence-corrected chi connectivity index (χ4v) is 4.23. The highest BCUT2D eigenvalue weighted by Gasteiger charge is 2.43. The number of thiophene rings is 1. The van der Waals surface area contributed by atoms with Crippen molar-refractivity contribution in [2.24, 2.45) is 5.92 Å². The highest BCUT2D eigenvalue weighted by molar-refractivity contribution is 7.12. The van der Waals surface area contributed by atoms with Gasteiger partial charge in [-0.1, -0.05) is 6.07 Å². The number of nitrogens with zero attached hydrogens (tertiary/aromatic N) is 1. The third-order valence-corrected chi connectivity index (χ3v) is 5.12. The number of hydrogen-bond donors (Lipinski definition) is 1. The van der Waals surface area contributed by atoms with Gasteiger partial charge >= 0.3 is 5.97 Å². The number of fused-ring (bicyclic) bond motifs is 2. The number of carbonyl (C=O) groups excluding carboxylic acids is 1. The van der Waals surface area contributed by atoms with Crippen molar-refractivity contribution in [3.63, 3.8) is 0 Å². The number of carbonyl (C=O) groups is 2. The van der Waals surface area contributed by atoms with E-state index in [1.807, 2.05) is 22.4 Å². The Balaban J connectivity index is 1.73. The molecule has 2 bridgehead atoms. The van der Waals surface area contributed by atoms with Crippen molar-refractivity contribution >= 4 is 23.2 Å². The SMILES string of the molecule is O=C(O)CC1CC2CCC(C1)N2C(=O)c1cccs1. The molecule has 1 N–H and O–H groups in total. The molecule has 2 atom stereocenters. The first-order valence-electron chi connectivity index (χ1n) is 6.73. The molecule has 0 saturated carbocycles. The van der Waals surface area contributed by atoms with Gasteiger partial charge in [0.25, 0.3) is 5.91 Å². The van der Waals surface area contributed by atoms with Crippen molar-refractivity contribution in [3.05, 3.63) is 22.4 Å². The van der Waals surface area contributed by atoms with E-state index in [-0.39, 0.29) is 30.3 Å². The van der Waals surface area contributed by atoms with E-state index in [9.17, 15) is 9.59 Å². The average molecular weight is 279 g/mol. The van der Waals surface area contributed by atoms with Crippen LogP contribution in [0.4, 0.5) is 0 Å². The van der Waals surface area contributed by atoms with E-state index >= 15 is 0 Å². The maximum Gasteiger partial charge on any atom is 0.303 e. The summed E-state index contributed by atoms with van der Waals surface area (Å²) in [7, 11) is 0. The Morgan fingerprint density at radius 3 is 2.53 bits per heavy atom. The molecule has 1 aromatic rings. The smallest absolute Gasteiger partial charge is 0.303 e. The molecule has 3 heterocycles. The van der Waals surface area contributed by atoms with Gasteiger partial charge in [0.1, 0.15) is 0 Å². The van der Waals surface area contributed by atoms with Gasteiger partial charge in [-0.05, 0) is 43.0 Å². The Labute approximate surface area is 116 Å². The molecule has 3 rings (SSSR count). The van der Waals surface area contributed by atoms with Gasteiger partial charge in [0.2, 0.25) is 0 Å². The summed E-state index contributed by atoms with van der Waals surface area (Å²) < 4.78 is 0. The molecule has 0 aromatic carbocycles. The van der Waals surface area contributed by atoms with Crippen molar-refractivity contribution in [3.8, 4) is 0 Å². The van der Waals surface area contributed by atoms with Crippen LogP contribution in [0.5, 0.6) is 0 Å². The van der Waals surface area contributed by atoms with E-state index in [1.165, 1.54) is 11.3 Å². The van der Waals surface area contributed by atoms with Gasteiger partial charge in [0.15, 0.2) is 0 Å². The first-order valence-corrected chi connectivity index (χ1v) is 7.61. The highest BCUT2D eigenvalue weighted by atomic mass is 32.1. The van der Waals surface area contributed by atoms with E-state index in [0.717, 1.165) is 30.6 Å². The predicted molar refractivity (Wildman–Crippen MR) is 72.3 cm³/mol. The largest absolute Gasteiger partial charge is 0.481 e. The van der Waals surface area contributed by atoms with E-state index < -0.39 is 5.97 Å². The second-order valence-electron chi connectivity index (χ2n) is 5.51. The number of aliphatic carboxylic acids is 1. The summed E-state index contributed by atoms with van der Waals surface area (Å²) in [4.78, 5) is 26.1. The number of piperidine rings is 1. The fourth-order valence-electron chi connectivity index (χ4n) is 3.56. The van der Waals surface area contributed by atoms with Crippen LogP contribution in [0.25, 0.3) is 0 Å². The third kappa shape index (κ3) is 2.39. The van der Waals surface area contributed by atoms with Gasteiger partial charge in [0, 0.05) is 18.5 Å². The topological polar surface area (TPSA) is 57.6 Å². The molecule has 1 amide bonds. The number of carboxylic acids is 1. The zero-order chi connectivity index (χ0) is 13.4. The number of amides is 1. The summed E-state index contributed by atoms with van der Waals surface area (Å²) in [6, 6.07) is 4.27. The molecule has 2 fully saturated rings. The van der Waals surface area contributed by atoms with Crippen LogP contribution in [0.15, 0.2) is 17.5 Å². The first kappa shape index (κ1) is 12.7. The van der Waals surface area contributed by atoms with Crippen LogP contribution in [-0.2, 0) is 4.79 Å². The molecule has 19 heavy (non-hydrogen) atoms. The lowest BCUT2D eigenvalue weighted by Crippen LogP contribution is -2.46. The Hall–Kier alpha value is -1.36. The minimum Gasteiger partial charge on any atom is -0.481 e. The Morgan fingerprint density at radius 1 is 1.32 bits per heavy atom. The van der Waals surface area contributed by atoms with Crippen molar-refractivity contribution < 1.29 is 14.7 Å². The summed E-state index contributed by atoms with van der Waals surface area (Å²) >= 11 is 1.48. The summed E-state index contributed by atoms with van der Waals surface area (Å²) in [5.74, 6) is -0.346. The second kappa shape index (κ2) is 4.96. The fraction of sp³-hybridized carbons (Fsp3) is 0.571. The maximum absolute atomic E-state index is 12.5. The molecule has 4 nitrogen and oxygen atoms in total. The number of hydrogen-bond acceptors (Lipinski definition) is 3. The van der Waals surface area contributed by atoms with Crippen LogP contribution in [0.2, 0.25) is 0 Å². The standard InChI is InChI=1S/C14H17NO3S/c16-13(17)8-9-6-10-3-4-11(7-9)15(10)14(18)12-2-1-5-19-12/h1-2,5,9-11H,3-4,6-8H2,(H,16,17). The zero-order valence-corrected chi connectivity index (χ0v) is 11.4. The average Bonchev–Trinajstić information content (AvgIpc) is 2.95. The number of carboxylic acid groups (broad SMARTS) is 1. The molecule has 1 aromatic heterocycles. The lowest BCUT2D eigenvalue weighted by atomic mass is 9.88. The van der Waals surface area contributed by atoms with Crippen molar-refractivity contribution in [1.29, 1.82) is 0 Å². The van der Waals surface area contributed by atoms with Crippen molar-refractivity contribution in [2.45, 2.75) is 44.2 Å². The summed E-state index contributed by atoms with van der Waals surface area (Å²) in [5, 5.41) is 10.8. The summed E-state index contributed by atoms with van der Waals surface area (Å²) in [6.45, 7) is 0. The van der Waals surface area contributed by atoms with Crippen molar-refractivity contribution in [1.82, 2.24) is 4.90 Å². The molecule has 102 valence electrons. The van der Waals surface area contributed by atoms with Gasteiger partial charge in [-0.2, -0.15) is 0 Å². The first-order chi connectivity index (χ1) is 9.15. The number of rotatable bonds is 3. The zero-order valence-electron chi connectivity index (χ0n) is 10.6. The third-order valence-electron chi connectivity index (χ3n) is 4.26. The van der Waals surface area contributed by atoms with Crippen LogP contribution >= 0.6 is 11.3 Å². The molecular weight excluding hydrogens is 262 g/mol. The predicted octanol–water partition coefficient (Wildman–Crippen LogP) is 2.61. The van der Waals surface area contributed by atoms with Crippen molar-refractivity contribution in [2.75, 3.05) is 0 Å². The quantitative estimate of drug-likeness (QED) is 0.925. The normalized spacial score (nSPS) is 29.5. The van der Waals surface area contributed by atoms with E-state index in [1.54, 1.807) is 0 Å². The molecule has 2 unspecified atom stereocenters. The molecule has 5 heteroatoms. The maximum atomic E-state index is 12.5. The van der Waals surface area contributed by atoms with E-state index in [2.05, 4.69) is 0 Å². The molecule has 0 radical (unpaired) electrons. The second-order valence-corrected chi connectivity index (χ2v) is 6.46. The highest BCUT2D eigenvalue weighted by Crippen LogP contribution is 2.40. The van der Waals surface area contributed by atoms with Crippen LogP contribution in [0.3, 0.4) is 0 Å². The van der Waals surface area contributed by atoms with Crippen LogP contribution < -0.4 is 0 Å². The van der Waals surface area contributed by atoms with Gasteiger partial charge in [-0.15, -0.1) is 11.3 Å². The van der Waals surface area contributed by atoms with Gasteiger partial charge in [0.05, 0.1) is 4.88 Å². The van der Waals surface area contributed by atoms with Crippen LogP contribution in [0, 0.1) is 5.92 Å². The lowest BCUT2D eigenvalue weighted by Gasteiger charge is -2.38. The monoisotopic (exact) mass is 279 g/mol. The van der Waals surface area contributed by atoms with E-state index in [0.29, 0.717) is 0 Å². The van der Waals surface area contributed by atoms with Gasteiger partial charge in [-0.25, -0.2) is 0 Å². The minimum atomic E-state index is -0.720.